The van der Waals surface area contributed by atoms with E-state index in [0.29, 0.717) is 22.5 Å². The predicted octanol–water partition coefficient (Wildman–Crippen LogP) is 4.87. The van der Waals surface area contributed by atoms with Gasteiger partial charge in [0.15, 0.2) is 0 Å². The van der Waals surface area contributed by atoms with E-state index in [4.69, 9.17) is 16.3 Å². The number of aromatic nitrogens is 2. The van der Waals surface area contributed by atoms with Gasteiger partial charge in [-0.25, -0.2) is 14.8 Å². The van der Waals surface area contributed by atoms with E-state index in [1.54, 1.807) is 24.3 Å². The highest BCUT2D eigenvalue weighted by Gasteiger charge is 2.04. The maximum Gasteiger partial charge on any atom is 0.323 e. The summed E-state index contributed by atoms with van der Waals surface area (Å²) in [4.78, 5) is 19.7. The quantitative estimate of drug-likeness (QED) is 0.655. The zero-order valence-corrected chi connectivity index (χ0v) is 14.1. The van der Waals surface area contributed by atoms with Crippen LogP contribution >= 0.6 is 11.6 Å². The summed E-state index contributed by atoms with van der Waals surface area (Å²) in [7, 11) is 0. The molecule has 3 aromatic rings. The fourth-order valence-corrected chi connectivity index (χ4v) is 2.17. The van der Waals surface area contributed by atoms with Gasteiger partial charge in [-0.05, 0) is 43.3 Å². The highest BCUT2D eigenvalue weighted by atomic mass is 35.5. The summed E-state index contributed by atoms with van der Waals surface area (Å²) < 4.78 is 5.56. The van der Waals surface area contributed by atoms with Crippen LogP contribution in [0.1, 0.15) is 5.56 Å². The molecule has 0 spiro atoms. The molecule has 7 heteroatoms. The molecule has 3 rings (SSSR count). The lowest BCUT2D eigenvalue weighted by molar-refractivity contribution is 0.262. The normalized spacial score (nSPS) is 10.2. The van der Waals surface area contributed by atoms with E-state index in [9.17, 15) is 4.79 Å². The number of ether oxygens (including phenoxy) is 1. The summed E-state index contributed by atoms with van der Waals surface area (Å²) in [6, 6.07) is 15.7. The molecule has 0 aliphatic carbocycles. The number of aryl methyl sites for hydroxylation is 1. The Labute approximate surface area is 149 Å². The van der Waals surface area contributed by atoms with Crippen LogP contribution in [0, 0.1) is 6.92 Å². The Morgan fingerprint density at radius 1 is 0.960 bits per heavy atom. The lowest BCUT2D eigenvalue weighted by atomic mass is 10.2. The van der Waals surface area contributed by atoms with Gasteiger partial charge in [-0.15, -0.1) is 0 Å². The lowest BCUT2D eigenvalue weighted by Crippen LogP contribution is -2.19. The van der Waals surface area contributed by atoms with Crippen LogP contribution in [0.2, 0.25) is 5.15 Å². The van der Waals surface area contributed by atoms with Crippen molar-refractivity contribution in [2.45, 2.75) is 6.92 Å². The summed E-state index contributed by atoms with van der Waals surface area (Å²) in [6.07, 6.45) is 1.32. The van der Waals surface area contributed by atoms with Crippen LogP contribution in [0.15, 0.2) is 60.9 Å². The molecule has 0 aliphatic rings. The minimum absolute atomic E-state index is 0.302. The second-order valence-electron chi connectivity index (χ2n) is 5.25. The van der Waals surface area contributed by atoms with Crippen molar-refractivity contribution in [1.29, 1.82) is 0 Å². The second kappa shape index (κ2) is 7.63. The number of rotatable bonds is 4. The summed E-state index contributed by atoms with van der Waals surface area (Å²) in [6.45, 7) is 1.99. The van der Waals surface area contributed by atoms with Gasteiger partial charge in [0.25, 0.3) is 0 Å². The monoisotopic (exact) mass is 354 g/mol. The van der Waals surface area contributed by atoms with Gasteiger partial charge >= 0.3 is 6.03 Å². The van der Waals surface area contributed by atoms with Gasteiger partial charge in [-0.2, -0.15) is 0 Å². The molecule has 0 fully saturated rings. The summed E-state index contributed by atoms with van der Waals surface area (Å²) in [5.74, 6) is 0.914. The molecule has 2 amide bonds. The fraction of sp³-hybridized carbons (Fsp3) is 0.0556. The van der Waals surface area contributed by atoms with E-state index in [2.05, 4.69) is 20.6 Å². The van der Waals surface area contributed by atoms with Gasteiger partial charge in [-0.1, -0.05) is 29.3 Å². The van der Waals surface area contributed by atoms with Crippen molar-refractivity contribution in [3.05, 3.63) is 71.6 Å². The van der Waals surface area contributed by atoms with Gasteiger partial charge in [-0.3, -0.25) is 0 Å². The Hall–Kier alpha value is -3.12. The van der Waals surface area contributed by atoms with Gasteiger partial charge in [0.05, 0.1) is 0 Å². The largest absolute Gasteiger partial charge is 0.439 e. The standard InChI is InChI=1S/C18H15ClN4O2/c1-12-2-4-13(5-3-12)22-18(24)23-14-6-8-15(9-7-14)25-17-10-16(19)20-11-21-17/h2-11H,1H3,(H2,22,23,24). The molecule has 0 radical (unpaired) electrons. The predicted molar refractivity (Wildman–Crippen MR) is 97.4 cm³/mol. The third-order valence-corrected chi connectivity index (χ3v) is 3.46. The average molecular weight is 355 g/mol. The first kappa shape index (κ1) is 16.7. The van der Waals surface area contributed by atoms with Crippen LogP contribution < -0.4 is 15.4 Å². The van der Waals surface area contributed by atoms with Crippen molar-refractivity contribution < 1.29 is 9.53 Å². The van der Waals surface area contributed by atoms with Crippen LogP contribution in [-0.4, -0.2) is 16.0 Å². The van der Waals surface area contributed by atoms with E-state index >= 15 is 0 Å². The molecule has 2 aromatic carbocycles. The van der Waals surface area contributed by atoms with Crippen molar-refractivity contribution in [2.75, 3.05) is 10.6 Å². The van der Waals surface area contributed by atoms with E-state index in [-0.39, 0.29) is 6.03 Å². The number of hydrogen-bond donors (Lipinski definition) is 2. The van der Waals surface area contributed by atoms with Crippen LogP contribution in [0.3, 0.4) is 0 Å². The highest BCUT2D eigenvalue weighted by Crippen LogP contribution is 2.22. The summed E-state index contributed by atoms with van der Waals surface area (Å²) in [5.41, 5.74) is 2.49. The molecule has 1 heterocycles. The number of urea groups is 1. The Balaban J connectivity index is 1.58. The molecule has 25 heavy (non-hydrogen) atoms. The second-order valence-corrected chi connectivity index (χ2v) is 5.64. The Bertz CT molecular complexity index is 867. The molecule has 0 atom stereocenters. The minimum atomic E-state index is -0.319. The van der Waals surface area contributed by atoms with Crippen LogP contribution in [0.4, 0.5) is 16.2 Å². The van der Waals surface area contributed by atoms with E-state index in [0.717, 1.165) is 11.3 Å². The maximum atomic E-state index is 12.0. The molecule has 126 valence electrons. The molecule has 0 saturated carbocycles. The first-order valence-corrected chi connectivity index (χ1v) is 7.86. The van der Waals surface area contributed by atoms with Crippen molar-refractivity contribution >= 4 is 29.0 Å². The van der Waals surface area contributed by atoms with Crippen molar-refractivity contribution in [1.82, 2.24) is 9.97 Å². The third-order valence-electron chi connectivity index (χ3n) is 3.25. The Morgan fingerprint density at radius 3 is 2.16 bits per heavy atom. The number of benzene rings is 2. The van der Waals surface area contributed by atoms with Crippen molar-refractivity contribution in [3.8, 4) is 11.6 Å². The number of nitrogens with zero attached hydrogens (tertiary/aromatic N) is 2. The Kier molecular flexibility index (Phi) is 5.11. The number of halogens is 1. The molecule has 0 saturated heterocycles. The average Bonchev–Trinajstić information content (AvgIpc) is 2.59. The molecule has 0 bridgehead atoms. The van der Waals surface area contributed by atoms with E-state index in [1.807, 2.05) is 31.2 Å². The Morgan fingerprint density at radius 2 is 1.56 bits per heavy atom. The van der Waals surface area contributed by atoms with Crippen molar-refractivity contribution in [2.24, 2.45) is 0 Å². The van der Waals surface area contributed by atoms with Gasteiger partial charge in [0.2, 0.25) is 5.88 Å². The molecule has 2 N–H and O–H groups in total. The molecular formula is C18H15ClN4O2. The van der Waals surface area contributed by atoms with E-state index < -0.39 is 0 Å². The zero-order valence-electron chi connectivity index (χ0n) is 13.4. The number of carbonyl (C=O) groups excluding carboxylic acids is 1. The number of anilines is 2. The molecule has 0 aliphatic heterocycles. The minimum Gasteiger partial charge on any atom is -0.439 e. The van der Waals surface area contributed by atoms with Crippen LogP contribution in [-0.2, 0) is 0 Å². The van der Waals surface area contributed by atoms with Crippen molar-refractivity contribution in [3.63, 3.8) is 0 Å². The number of hydrogen-bond acceptors (Lipinski definition) is 4. The van der Waals surface area contributed by atoms with Gasteiger partial charge < -0.3 is 15.4 Å². The summed E-state index contributed by atoms with van der Waals surface area (Å²) in [5, 5.41) is 5.82. The number of nitrogens with one attached hydrogen (secondary N) is 2. The molecule has 0 unspecified atom stereocenters. The fourth-order valence-electron chi connectivity index (χ4n) is 2.03. The smallest absolute Gasteiger partial charge is 0.323 e. The lowest BCUT2D eigenvalue weighted by Gasteiger charge is -2.09. The molecular weight excluding hydrogens is 340 g/mol. The van der Waals surface area contributed by atoms with Crippen LogP contribution in [0.5, 0.6) is 11.6 Å². The van der Waals surface area contributed by atoms with Crippen LogP contribution in [0.25, 0.3) is 0 Å². The SMILES string of the molecule is Cc1ccc(NC(=O)Nc2ccc(Oc3cc(Cl)ncn3)cc2)cc1. The topological polar surface area (TPSA) is 76.1 Å². The first-order valence-electron chi connectivity index (χ1n) is 7.49. The first-order chi connectivity index (χ1) is 12.1. The van der Waals surface area contributed by atoms with Gasteiger partial charge in [0, 0.05) is 17.4 Å². The number of carbonyl (C=O) groups is 1. The number of amides is 2. The maximum absolute atomic E-state index is 12.0. The van der Waals surface area contributed by atoms with Gasteiger partial charge in [0.1, 0.15) is 17.2 Å². The molecule has 1 aromatic heterocycles. The zero-order chi connectivity index (χ0) is 17.6. The third kappa shape index (κ3) is 4.92. The highest BCUT2D eigenvalue weighted by molar-refractivity contribution is 6.29. The summed E-state index contributed by atoms with van der Waals surface area (Å²) >= 11 is 5.78. The molecule has 6 nitrogen and oxygen atoms in total. The van der Waals surface area contributed by atoms with E-state index in [1.165, 1.54) is 12.4 Å².